The molecule has 2 N–H and O–H groups in total. The third kappa shape index (κ3) is 8.67. The summed E-state index contributed by atoms with van der Waals surface area (Å²) in [5.41, 5.74) is 0.814. The lowest BCUT2D eigenvalue weighted by atomic mass is 10.0. The van der Waals surface area contributed by atoms with E-state index in [2.05, 4.69) is 5.32 Å². The monoisotopic (exact) mass is 610 g/mol. The molecule has 0 aromatic heterocycles. The zero-order valence-corrected chi connectivity index (χ0v) is 25.9. The first-order valence-electron chi connectivity index (χ1n) is 13.8. The summed E-state index contributed by atoms with van der Waals surface area (Å²) in [5, 5.41) is 13.3. The van der Waals surface area contributed by atoms with Gasteiger partial charge in [-0.25, -0.2) is 21.6 Å². The van der Waals surface area contributed by atoms with Crippen LogP contribution in [-0.4, -0.2) is 81.8 Å². The maximum Gasteiger partial charge on any atom is 0.407 e. The molecule has 1 heterocycles. The summed E-state index contributed by atoms with van der Waals surface area (Å²) in [7, 11) is -5.89. The number of methoxy groups -OCH3 is 1. The molecule has 228 valence electrons. The molecule has 41 heavy (non-hydrogen) atoms. The van der Waals surface area contributed by atoms with Crippen molar-refractivity contribution in [3.63, 3.8) is 0 Å². The Balaban J connectivity index is 1.83. The second-order valence-corrected chi connectivity index (χ2v) is 15.4. The molecule has 3 rings (SSSR count). The predicted octanol–water partition coefficient (Wildman–Crippen LogP) is 3.25. The topological polar surface area (TPSA) is 139 Å². The average Bonchev–Trinajstić information content (AvgIpc) is 3.21. The zero-order chi connectivity index (χ0) is 30.4. The lowest BCUT2D eigenvalue weighted by Gasteiger charge is -2.31. The minimum absolute atomic E-state index is 0.0435. The van der Waals surface area contributed by atoms with Crippen LogP contribution in [0.2, 0.25) is 0 Å². The highest BCUT2D eigenvalue weighted by Crippen LogP contribution is 2.29. The van der Waals surface area contributed by atoms with Gasteiger partial charge in [-0.15, -0.1) is 0 Å². The van der Waals surface area contributed by atoms with E-state index in [-0.39, 0.29) is 48.4 Å². The number of benzene rings is 2. The molecule has 2 aromatic rings. The van der Waals surface area contributed by atoms with E-state index >= 15 is 0 Å². The number of rotatable bonds is 13. The van der Waals surface area contributed by atoms with Gasteiger partial charge in [0, 0.05) is 13.1 Å². The van der Waals surface area contributed by atoms with Crippen LogP contribution in [0.3, 0.4) is 0 Å². The van der Waals surface area contributed by atoms with E-state index < -0.39 is 49.5 Å². The van der Waals surface area contributed by atoms with Gasteiger partial charge in [-0.3, -0.25) is 0 Å². The summed E-state index contributed by atoms with van der Waals surface area (Å²) >= 11 is 0. The van der Waals surface area contributed by atoms with Gasteiger partial charge in [-0.05, 0) is 54.5 Å². The van der Waals surface area contributed by atoms with E-state index in [0.717, 1.165) is 5.56 Å². The number of amides is 1. The van der Waals surface area contributed by atoms with Crippen LogP contribution in [-0.2, 0) is 31.0 Å². The van der Waals surface area contributed by atoms with Crippen molar-refractivity contribution in [1.82, 2.24) is 9.62 Å². The van der Waals surface area contributed by atoms with E-state index in [4.69, 9.17) is 9.47 Å². The number of alkyl carbamates (subject to hydrolysis) is 1. The maximum atomic E-state index is 13.6. The number of aliphatic hydroxyl groups is 1. The second kappa shape index (κ2) is 14.0. The average molecular weight is 611 g/mol. The Bertz CT molecular complexity index is 1350. The summed E-state index contributed by atoms with van der Waals surface area (Å²) in [6.07, 6.45) is -2.56. The normalized spacial score (nSPS) is 20.2. The van der Waals surface area contributed by atoms with Gasteiger partial charge < -0.3 is 19.9 Å². The molecule has 10 nitrogen and oxygen atoms in total. The molecule has 0 radical (unpaired) electrons. The fraction of sp³-hybridized carbons (Fsp3) is 0.552. The van der Waals surface area contributed by atoms with Crippen LogP contribution in [0.1, 0.15) is 39.7 Å². The molecular weight excluding hydrogens is 568 g/mol. The highest BCUT2D eigenvalue weighted by atomic mass is 32.2. The lowest BCUT2D eigenvalue weighted by molar-refractivity contribution is 0.0674. The van der Waals surface area contributed by atoms with Crippen molar-refractivity contribution >= 4 is 26.0 Å². The van der Waals surface area contributed by atoms with Gasteiger partial charge in [0.1, 0.15) is 17.1 Å². The van der Waals surface area contributed by atoms with Crippen molar-refractivity contribution in [2.24, 2.45) is 11.8 Å². The van der Waals surface area contributed by atoms with Crippen molar-refractivity contribution in [2.75, 3.05) is 26.0 Å². The summed E-state index contributed by atoms with van der Waals surface area (Å²) in [4.78, 5) is 13.1. The van der Waals surface area contributed by atoms with Crippen molar-refractivity contribution in [1.29, 1.82) is 0 Å². The largest absolute Gasteiger partial charge is 0.497 e. The van der Waals surface area contributed by atoms with E-state index in [9.17, 15) is 26.7 Å². The number of hydrogen-bond acceptors (Lipinski definition) is 8. The van der Waals surface area contributed by atoms with Gasteiger partial charge in [-0.1, -0.05) is 58.0 Å². The smallest absolute Gasteiger partial charge is 0.407 e. The molecule has 1 amide bonds. The summed E-state index contributed by atoms with van der Waals surface area (Å²) in [6, 6.07) is 14.3. The van der Waals surface area contributed by atoms with Crippen LogP contribution in [0.15, 0.2) is 59.5 Å². The van der Waals surface area contributed by atoms with Crippen molar-refractivity contribution in [2.45, 2.75) is 68.9 Å². The number of nitrogens with zero attached hydrogens (tertiary/aromatic N) is 1. The van der Waals surface area contributed by atoms with E-state index in [1.807, 2.05) is 44.2 Å². The molecule has 12 heteroatoms. The molecule has 0 unspecified atom stereocenters. The first-order valence-corrected chi connectivity index (χ1v) is 16.9. The molecule has 1 saturated heterocycles. The number of carbonyl (C=O) groups is 1. The van der Waals surface area contributed by atoms with Gasteiger partial charge in [0.2, 0.25) is 10.0 Å². The first kappa shape index (κ1) is 32.8. The molecule has 1 aliphatic rings. The molecule has 4 atom stereocenters. The van der Waals surface area contributed by atoms with Crippen molar-refractivity contribution in [3.8, 4) is 5.75 Å². The number of hydrogen-bond donors (Lipinski definition) is 2. The third-order valence-corrected chi connectivity index (χ3v) is 11.4. The Morgan fingerprint density at radius 1 is 1.05 bits per heavy atom. The summed E-state index contributed by atoms with van der Waals surface area (Å²) in [6.45, 7) is 7.16. The summed E-state index contributed by atoms with van der Waals surface area (Å²) < 4.78 is 64.1. The number of sulfonamides is 1. The number of ether oxygens (including phenoxy) is 2. The number of sulfone groups is 1. The number of carbonyl (C=O) groups excluding carboxylic acids is 1. The van der Waals surface area contributed by atoms with Gasteiger partial charge in [-0.2, -0.15) is 4.31 Å². The van der Waals surface area contributed by atoms with Gasteiger partial charge in [0.15, 0.2) is 9.84 Å². The molecule has 0 saturated carbocycles. The standard InChI is InChI=1S/C29H42N2O8S2/c1-20(2)18-31(41(36,37)24-13-11-23(38-5)12-14-24)19-26(32)25(17-22-9-7-6-8-10-22)30-29(33)39-27-15-16-40(34,35)28(27)21(3)4/h6-14,20-21,25-28,32H,15-19H2,1-5H3,(H,30,33)/t25-,26+,27+,28+/m0/s1. The number of aliphatic hydroxyl groups excluding tert-OH is 1. The summed E-state index contributed by atoms with van der Waals surface area (Å²) in [5.74, 6) is 0.175. The van der Waals surface area contributed by atoms with Gasteiger partial charge >= 0.3 is 6.09 Å². The van der Waals surface area contributed by atoms with Crippen LogP contribution in [0, 0.1) is 11.8 Å². The van der Waals surface area contributed by atoms with Crippen LogP contribution in [0.5, 0.6) is 5.75 Å². The van der Waals surface area contributed by atoms with Crippen LogP contribution in [0.25, 0.3) is 0 Å². The second-order valence-electron chi connectivity index (χ2n) is 11.2. The van der Waals surface area contributed by atoms with Gasteiger partial charge in [0.05, 0.1) is 29.9 Å². The first-order chi connectivity index (χ1) is 19.2. The van der Waals surface area contributed by atoms with Gasteiger partial charge in [0.25, 0.3) is 0 Å². The van der Waals surface area contributed by atoms with E-state index in [1.54, 1.807) is 26.0 Å². The Morgan fingerprint density at radius 2 is 1.68 bits per heavy atom. The van der Waals surface area contributed by atoms with Crippen LogP contribution >= 0.6 is 0 Å². The Labute approximate surface area is 244 Å². The minimum Gasteiger partial charge on any atom is -0.497 e. The SMILES string of the molecule is COc1ccc(S(=O)(=O)N(CC(C)C)C[C@@H](O)[C@H](Cc2ccccc2)NC(=O)O[C@@H]2CCS(=O)(=O)[C@@H]2C(C)C)cc1. The Hall–Kier alpha value is -2.67. The molecular formula is C29H42N2O8S2. The molecule has 0 spiro atoms. The highest BCUT2D eigenvalue weighted by Gasteiger charge is 2.44. The maximum absolute atomic E-state index is 13.6. The molecule has 0 bridgehead atoms. The Morgan fingerprint density at radius 3 is 2.24 bits per heavy atom. The third-order valence-electron chi connectivity index (χ3n) is 7.11. The molecule has 1 aliphatic heterocycles. The van der Waals surface area contributed by atoms with Crippen molar-refractivity contribution < 1.29 is 36.2 Å². The predicted molar refractivity (Wildman–Crippen MR) is 157 cm³/mol. The zero-order valence-electron chi connectivity index (χ0n) is 24.3. The highest BCUT2D eigenvalue weighted by molar-refractivity contribution is 7.92. The minimum atomic E-state index is -3.99. The fourth-order valence-corrected chi connectivity index (χ4v) is 9.10. The van der Waals surface area contributed by atoms with E-state index in [1.165, 1.54) is 23.5 Å². The quantitative estimate of drug-likeness (QED) is 0.352. The lowest BCUT2D eigenvalue weighted by Crippen LogP contribution is -2.52. The fourth-order valence-electron chi connectivity index (χ4n) is 5.17. The Kier molecular flexibility index (Phi) is 11.2. The molecule has 1 fully saturated rings. The van der Waals surface area contributed by atoms with E-state index in [0.29, 0.717) is 5.75 Å². The van der Waals surface area contributed by atoms with Crippen LogP contribution < -0.4 is 10.1 Å². The van der Waals surface area contributed by atoms with Crippen LogP contribution in [0.4, 0.5) is 4.79 Å². The molecule has 0 aliphatic carbocycles. The number of nitrogens with one attached hydrogen (secondary N) is 1. The van der Waals surface area contributed by atoms with Crippen molar-refractivity contribution in [3.05, 3.63) is 60.2 Å². The molecule has 2 aromatic carbocycles.